The smallest absolute Gasteiger partial charge is 0.0113 e. The van der Waals surface area contributed by atoms with Crippen LogP contribution in [0.5, 0.6) is 0 Å². The predicted octanol–water partition coefficient (Wildman–Crippen LogP) is 1.15. The lowest BCUT2D eigenvalue weighted by atomic mass is 10.1. The van der Waals surface area contributed by atoms with Gasteiger partial charge in [-0.05, 0) is 33.6 Å². The first kappa shape index (κ1) is 12.3. The van der Waals surface area contributed by atoms with E-state index in [0.717, 1.165) is 12.6 Å². The Labute approximate surface area is 100 Å². The van der Waals surface area contributed by atoms with Crippen LogP contribution in [-0.2, 0) is 0 Å². The maximum atomic E-state index is 3.56. The van der Waals surface area contributed by atoms with Crippen LogP contribution in [0.4, 0.5) is 0 Å². The molecule has 0 atom stereocenters. The molecule has 0 aromatic rings. The van der Waals surface area contributed by atoms with Crippen LogP contribution in [0.1, 0.15) is 33.6 Å². The maximum Gasteiger partial charge on any atom is 0.0113 e. The minimum atomic E-state index is 0.260. The van der Waals surface area contributed by atoms with E-state index in [0.29, 0.717) is 0 Å². The van der Waals surface area contributed by atoms with E-state index >= 15 is 0 Å². The van der Waals surface area contributed by atoms with Gasteiger partial charge in [0.2, 0.25) is 0 Å². The largest absolute Gasteiger partial charge is 0.311 e. The summed E-state index contributed by atoms with van der Waals surface area (Å²) in [6.07, 6.45) is 2.90. The van der Waals surface area contributed by atoms with Crippen LogP contribution in [0.25, 0.3) is 0 Å². The molecule has 2 rings (SSSR count). The summed E-state index contributed by atoms with van der Waals surface area (Å²) >= 11 is 0. The number of nitrogens with one attached hydrogen (secondary N) is 1. The molecule has 1 aliphatic carbocycles. The molecule has 94 valence electrons. The molecule has 0 bridgehead atoms. The third kappa shape index (κ3) is 4.04. The van der Waals surface area contributed by atoms with Crippen molar-refractivity contribution in [1.82, 2.24) is 15.1 Å². The number of rotatable bonds is 4. The van der Waals surface area contributed by atoms with Gasteiger partial charge in [-0.1, -0.05) is 0 Å². The van der Waals surface area contributed by atoms with Gasteiger partial charge in [-0.2, -0.15) is 0 Å². The SMILES string of the molecule is CC(C)(C)NCCN1CCN(C2CC2)CC1. The van der Waals surface area contributed by atoms with E-state index < -0.39 is 0 Å². The van der Waals surface area contributed by atoms with E-state index in [1.807, 2.05) is 0 Å². The lowest BCUT2D eigenvalue weighted by molar-refractivity contribution is 0.125. The molecule has 0 unspecified atom stereocenters. The zero-order valence-electron chi connectivity index (χ0n) is 11.1. The van der Waals surface area contributed by atoms with Crippen LogP contribution in [0.2, 0.25) is 0 Å². The van der Waals surface area contributed by atoms with Crippen LogP contribution in [0.3, 0.4) is 0 Å². The van der Waals surface area contributed by atoms with E-state index in [1.54, 1.807) is 0 Å². The van der Waals surface area contributed by atoms with Crippen LogP contribution in [0, 0.1) is 0 Å². The second-order valence-electron chi connectivity index (χ2n) is 6.29. The Bertz CT molecular complexity index is 210. The quantitative estimate of drug-likeness (QED) is 0.774. The van der Waals surface area contributed by atoms with Crippen LogP contribution < -0.4 is 5.32 Å². The summed E-state index contributed by atoms with van der Waals surface area (Å²) in [4.78, 5) is 5.27. The third-order valence-electron chi connectivity index (χ3n) is 3.55. The molecule has 1 aliphatic heterocycles. The second-order valence-corrected chi connectivity index (χ2v) is 6.29. The van der Waals surface area contributed by atoms with Crippen molar-refractivity contribution in [3.63, 3.8) is 0 Å². The third-order valence-corrected chi connectivity index (χ3v) is 3.55. The molecular formula is C13H27N3. The van der Waals surface area contributed by atoms with E-state index in [9.17, 15) is 0 Å². The van der Waals surface area contributed by atoms with Gasteiger partial charge < -0.3 is 5.32 Å². The molecule has 0 spiro atoms. The van der Waals surface area contributed by atoms with Crippen molar-refractivity contribution in [2.75, 3.05) is 39.3 Å². The van der Waals surface area contributed by atoms with Gasteiger partial charge in [0, 0.05) is 50.8 Å². The fraction of sp³-hybridized carbons (Fsp3) is 1.00. The first-order chi connectivity index (χ1) is 7.54. The van der Waals surface area contributed by atoms with Crippen LogP contribution >= 0.6 is 0 Å². The van der Waals surface area contributed by atoms with E-state index in [1.165, 1.54) is 45.6 Å². The van der Waals surface area contributed by atoms with Crippen molar-refractivity contribution in [3.05, 3.63) is 0 Å². The van der Waals surface area contributed by atoms with Gasteiger partial charge in [-0.25, -0.2) is 0 Å². The van der Waals surface area contributed by atoms with E-state index in [4.69, 9.17) is 0 Å². The molecule has 1 heterocycles. The highest BCUT2D eigenvalue weighted by Crippen LogP contribution is 2.27. The molecule has 1 N–H and O–H groups in total. The van der Waals surface area contributed by atoms with Gasteiger partial charge in [0.1, 0.15) is 0 Å². The predicted molar refractivity (Wildman–Crippen MR) is 68.8 cm³/mol. The fourth-order valence-corrected chi connectivity index (χ4v) is 2.38. The summed E-state index contributed by atoms with van der Waals surface area (Å²) in [7, 11) is 0. The summed E-state index contributed by atoms with van der Waals surface area (Å²) in [6, 6.07) is 0.954. The van der Waals surface area contributed by atoms with Crippen molar-refractivity contribution in [2.24, 2.45) is 0 Å². The number of hydrogen-bond donors (Lipinski definition) is 1. The summed E-state index contributed by atoms with van der Waals surface area (Å²) in [6.45, 7) is 14.1. The molecule has 16 heavy (non-hydrogen) atoms. The molecule has 1 saturated heterocycles. The normalized spacial score (nSPS) is 24.9. The molecule has 0 amide bonds. The van der Waals surface area contributed by atoms with Gasteiger partial charge in [0.15, 0.2) is 0 Å². The average molecular weight is 225 g/mol. The first-order valence-electron chi connectivity index (χ1n) is 6.76. The molecule has 3 nitrogen and oxygen atoms in total. The lowest BCUT2D eigenvalue weighted by Gasteiger charge is -2.35. The van der Waals surface area contributed by atoms with Crippen LogP contribution in [0.15, 0.2) is 0 Å². The lowest BCUT2D eigenvalue weighted by Crippen LogP contribution is -2.50. The van der Waals surface area contributed by atoms with Gasteiger partial charge in [0.05, 0.1) is 0 Å². The Morgan fingerprint density at radius 2 is 1.69 bits per heavy atom. The second kappa shape index (κ2) is 5.03. The zero-order valence-corrected chi connectivity index (χ0v) is 11.1. The maximum absolute atomic E-state index is 3.56. The fourth-order valence-electron chi connectivity index (χ4n) is 2.38. The summed E-state index contributed by atoms with van der Waals surface area (Å²) in [5, 5.41) is 3.56. The summed E-state index contributed by atoms with van der Waals surface area (Å²) < 4.78 is 0. The first-order valence-corrected chi connectivity index (χ1v) is 6.76. The van der Waals surface area contributed by atoms with Crippen molar-refractivity contribution in [3.8, 4) is 0 Å². The molecule has 0 aromatic heterocycles. The number of nitrogens with zero attached hydrogens (tertiary/aromatic N) is 2. The topological polar surface area (TPSA) is 18.5 Å². The standard InChI is InChI=1S/C13H27N3/c1-13(2,3)14-6-7-15-8-10-16(11-9-15)12-4-5-12/h12,14H,4-11H2,1-3H3. The Kier molecular flexibility index (Phi) is 3.88. The van der Waals surface area contributed by atoms with Crippen molar-refractivity contribution >= 4 is 0 Å². The van der Waals surface area contributed by atoms with Crippen molar-refractivity contribution in [1.29, 1.82) is 0 Å². The van der Waals surface area contributed by atoms with Crippen molar-refractivity contribution < 1.29 is 0 Å². The molecule has 1 saturated carbocycles. The van der Waals surface area contributed by atoms with Gasteiger partial charge in [-0.15, -0.1) is 0 Å². The average Bonchev–Trinajstić information content (AvgIpc) is 3.00. The summed E-state index contributed by atoms with van der Waals surface area (Å²) in [5.74, 6) is 0. The Morgan fingerprint density at radius 3 is 2.19 bits per heavy atom. The minimum absolute atomic E-state index is 0.260. The Morgan fingerprint density at radius 1 is 1.06 bits per heavy atom. The zero-order chi connectivity index (χ0) is 11.6. The minimum Gasteiger partial charge on any atom is -0.311 e. The Hall–Kier alpha value is -0.120. The Balaban J connectivity index is 1.58. The molecule has 2 fully saturated rings. The highest BCUT2D eigenvalue weighted by atomic mass is 15.3. The highest BCUT2D eigenvalue weighted by Gasteiger charge is 2.30. The summed E-state index contributed by atoms with van der Waals surface area (Å²) in [5.41, 5.74) is 0.260. The van der Waals surface area contributed by atoms with Gasteiger partial charge in [-0.3, -0.25) is 9.80 Å². The monoisotopic (exact) mass is 225 g/mol. The molecule has 0 aromatic carbocycles. The van der Waals surface area contributed by atoms with Crippen molar-refractivity contribution in [2.45, 2.75) is 45.2 Å². The van der Waals surface area contributed by atoms with Gasteiger partial charge >= 0.3 is 0 Å². The molecule has 2 aliphatic rings. The van der Waals surface area contributed by atoms with E-state index in [-0.39, 0.29) is 5.54 Å². The van der Waals surface area contributed by atoms with E-state index in [2.05, 4.69) is 35.9 Å². The molecule has 0 radical (unpaired) electrons. The number of piperazine rings is 1. The van der Waals surface area contributed by atoms with Crippen LogP contribution in [-0.4, -0.2) is 60.6 Å². The highest BCUT2D eigenvalue weighted by molar-refractivity contribution is 4.87. The molecule has 3 heteroatoms. The van der Waals surface area contributed by atoms with Gasteiger partial charge in [0.25, 0.3) is 0 Å². The number of hydrogen-bond acceptors (Lipinski definition) is 3. The molecular weight excluding hydrogens is 198 g/mol.